The third kappa shape index (κ3) is 6.89. The van der Waals surface area contributed by atoms with Crippen molar-refractivity contribution in [1.29, 1.82) is 0 Å². The molecule has 40 heavy (non-hydrogen) atoms. The Kier molecular flexibility index (Phi) is 9.94. The van der Waals surface area contributed by atoms with Crippen molar-refractivity contribution in [3.05, 3.63) is 77.4 Å². The van der Waals surface area contributed by atoms with Gasteiger partial charge in [-0.05, 0) is 49.4 Å². The van der Waals surface area contributed by atoms with Gasteiger partial charge in [-0.15, -0.1) is 0 Å². The first-order chi connectivity index (χ1) is 19.4. The molecule has 212 valence electrons. The highest BCUT2D eigenvalue weighted by molar-refractivity contribution is 5.96. The number of nitrogens with zero attached hydrogens (tertiary/aromatic N) is 3. The summed E-state index contributed by atoms with van der Waals surface area (Å²) in [5.41, 5.74) is 2.90. The maximum absolute atomic E-state index is 14.2. The fourth-order valence-corrected chi connectivity index (χ4v) is 5.28. The molecule has 1 heterocycles. The van der Waals surface area contributed by atoms with E-state index in [2.05, 4.69) is 21.4 Å². The molecule has 1 aliphatic carbocycles. The summed E-state index contributed by atoms with van der Waals surface area (Å²) in [5, 5.41) is 3.23. The van der Waals surface area contributed by atoms with Crippen LogP contribution in [0.2, 0.25) is 0 Å². The van der Waals surface area contributed by atoms with Crippen molar-refractivity contribution in [3.8, 4) is 17.2 Å². The smallest absolute Gasteiger partial charge is 0.275 e. The van der Waals surface area contributed by atoms with E-state index in [1.165, 1.54) is 39.9 Å². The summed E-state index contributed by atoms with van der Waals surface area (Å²) >= 11 is 0. The van der Waals surface area contributed by atoms with Gasteiger partial charge in [0.2, 0.25) is 11.7 Å². The molecule has 9 nitrogen and oxygen atoms in total. The maximum atomic E-state index is 14.2. The first-order valence-electron chi connectivity index (χ1n) is 13.7. The van der Waals surface area contributed by atoms with E-state index in [1.807, 2.05) is 25.1 Å². The van der Waals surface area contributed by atoms with Crippen molar-refractivity contribution in [2.75, 3.05) is 27.9 Å². The molecule has 0 saturated heterocycles. The summed E-state index contributed by atoms with van der Waals surface area (Å²) in [6.45, 7) is 2.31. The molecule has 0 bridgehead atoms. The number of carbonyl (C=O) groups is 2. The minimum absolute atomic E-state index is 0.0519. The molecule has 2 aromatic carbocycles. The SMILES string of the molecule is COc1cc(C(C(=O)NC2CCCCC2)N(CCc2cccc(C)c2)C(=O)c2cnccn2)cc(OC)c1OC. The van der Waals surface area contributed by atoms with Crippen LogP contribution in [0.3, 0.4) is 0 Å². The van der Waals surface area contributed by atoms with Gasteiger partial charge in [-0.3, -0.25) is 14.6 Å². The van der Waals surface area contributed by atoms with Crippen LogP contribution >= 0.6 is 0 Å². The molecular formula is C31H38N4O5. The molecule has 3 aromatic rings. The second-order valence-electron chi connectivity index (χ2n) is 10.0. The van der Waals surface area contributed by atoms with E-state index >= 15 is 0 Å². The summed E-state index contributed by atoms with van der Waals surface area (Å²) in [5.74, 6) is 0.559. The van der Waals surface area contributed by atoms with Crippen molar-refractivity contribution in [2.24, 2.45) is 0 Å². The standard InChI is InChI=1S/C31H38N4O5/c1-21-9-8-10-22(17-21)13-16-35(31(37)25-20-32-14-15-33-25)28(30(36)34-24-11-6-5-7-12-24)23-18-26(38-2)29(40-4)27(19-23)39-3/h8-10,14-15,17-20,24,28H,5-7,11-13,16H2,1-4H3,(H,34,36). The van der Waals surface area contributed by atoms with E-state index in [0.29, 0.717) is 29.2 Å². The molecule has 2 amide bonds. The highest BCUT2D eigenvalue weighted by Gasteiger charge is 2.35. The Hall–Kier alpha value is -4.14. The van der Waals surface area contributed by atoms with Crippen LogP contribution in [-0.4, -0.2) is 60.6 Å². The molecule has 1 unspecified atom stereocenters. The Morgan fingerprint density at radius 3 is 2.33 bits per heavy atom. The molecule has 1 aromatic heterocycles. The lowest BCUT2D eigenvalue weighted by Crippen LogP contribution is -2.48. The lowest BCUT2D eigenvalue weighted by Gasteiger charge is -2.33. The van der Waals surface area contributed by atoms with E-state index in [0.717, 1.165) is 43.2 Å². The molecule has 0 aliphatic heterocycles. The van der Waals surface area contributed by atoms with Gasteiger partial charge in [-0.2, -0.15) is 0 Å². The number of methoxy groups -OCH3 is 3. The van der Waals surface area contributed by atoms with Crippen molar-refractivity contribution in [3.63, 3.8) is 0 Å². The number of amides is 2. The van der Waals surface area contributed by atoms with Crippen LogP contribution in [0.1, 0.15) is 65.3 Å². The predicted molar refractivity (Wildman–Crippen MR) is 152 cm³/mol. The Balaban J connectivity index is 1.80. The summed E-state index contributed by atoms with van der Waals surface area (Å²) in [7, 11) is 4.58. The quantitative estimate of drug-likeness (QED) is 0.372. The zero-order valence-corrected chi connectivity index (χ0v) is 23.7. The number of aryl methyl sites for hydroxylation is 1. The molecule has 1 aliphatic rings. The topological polar surface area (TPSA) is 103 Å². The normalized spacial score (nSPS) is 14.2. The number of hydrogen-bond acceptors (Lipinski definition) is 7. The van der Waals surface area contributed by atoms with Crippen LogP contribution in [0.15, 0.2) is 55.0 Å². The van der Waals surface area contributed by atoms with Gasteiger partial charge < -0.3 is 24.4 Å². The van der Waals surface area contributed by atoms with Crippen LogP contribution in [0.4, 0.5) is 0 Å². The van der Waals surface area contributed by atoms with Gasteiger partial charge in [0.15, 0.2) is 11.5 Å². The largest absolute Gasteiger partial charge is 0.493 e. The fourth-order valence-electron chi connectivity index (χ4n) is 5.28. The monoisotopic (exact) mass is 546 g/mol. The third-order valence-corrected chi connectivity index (χ3v) is 7.28. The number of aromatic nitrogens is 2. The van der Waals surface area contributed by atoms with Crippen LogP contribution in [0.5, 0.6) is 17.2 Å². The summed E-state index contributed by atoms with van der Waals surface area (Å²) in [4.78, 5) is 38.1. The van der Waals surface area contributed by atoms with E-state index in [4.69, 9.17) is 14.2 Å². The Labute approximate surface area is 235 Å². The van der Waals surface area contributed by atoms with E-state index < -0.39 is 11.9 Å². The number of rotatable bonds is 11. The van der Waals surface area contributed by atoms with E-state index in [-0.39, 0.29) is 24.2 Å². The molecule has 1 atom stereocenters. The molecular weight excluding hydrogens is 508 g/mol. The minimum Gasteiger partial charge on any atom is -0.493 e. The Bertz CT molecular complexity index is 1270. The number of ether oxygens (including phenoxy) is 3. The van der Waals surface area contributed by atoms with Gasteiger partial charge in [0.05, 0.1) is 27.5 Å². The van der Waals surface area contributed by atoms with Crippen molar-refractivity contribution >= 4 is 11.8 Å². The average Bonchev–Trinajstić information content (AvgIpc) is 2.99. The lowest BCUT2D eigenvalue weighted by molar-refractivity contribution is -0.126. The highest BCUT2D eigenvalue weighted by atomic mass is 16.5. The van der Waals surface area contributed by atoms with Gasteiger partial charge in [-0.1, -0.05) is 49.1 Å². The fraction of sp³-hybridized carbons (Fsp3) is 0.419. The molecule has 0 spiro atoms. The highest BCUT2D eigenvalue weighted by Crippen LogP contribution is 2.41. The molecule has 1 N–H and O–H groups in total. The average molecular weight is 547 g/mol. The summed E-state index contributed by atoms with van der Waals surface area (Å²) in [6.07, 6.45) is 10.1. The van der Waals surface area contributed by atoms with Crippen LogP contribution in [0.25, 0.3) is 0 Å². The predicted octanol–water partition coefficient (Wildman–Crippen LogP) is 4.69. The van der Waals surface area contributed by atoms with E-state index in [1.54, 1.807) is 17.0 Å². The number of benzene rings is 2. The third-order valence-electron chi connectivity index (χ3n) is 7.28. The van der Waals surface area contributed by atoms with E-state index in [9.17, 15) is 9.59 Å². The molecule has 4 rings (SSSR count). The van der Waals surface area contributed by atoms with Crippen molar-refractivity contribution < 1.29 is 23.8 Å². The second-order valence-corrected chi connectivity index (χ2v) is 10.0. The zero-order valence-electron chi connectivity index (χ0n) is 23.7. The molecule has 9 heteroatoms. The van der Waals surface area contributed by atoms with Gasteiger partial charge in [0, 0.05) is 25.0 Å². The van der Waals surface area contributed by atoms with Gasteiger partial charge in [0.25, 0.3) is 5.91 Å². The molecule has 1 fully saturated rings. The molecule has 0 radical (unpaired) electrons. The van der Waals surface area contributed by atoms with Crippen LogP contribution < -0.4 is 19.5 Å². The van der Waals surface area contributed by atoms with Crippen LogP contribution in [-0.2, 0) is 11.2 Å². The molecule has 1 saturated carbocycles. The van der Waals surface area contributed by atoms with Crippen molar-refractivity contribution in [2.45, 2.75) is 57.5 Å². The van der Waals surface area contributed by atoms with Gasteiger partial charge >= 0.3 is 0 Å². The lowest BCUT2D eigenvalue weighted by atomic mass is 9.94. The van der Waals surface area contributed by atoms with Crippen molar-refractivity contribution in [1.82, 2.24) is 20.2 Å². The first-order valence-corrected chi connectivity index (χ1v) is 13.7. The summed E-state index contributed by atoms with van der Waals surface area (Å²) < 4.78 is 16.7. The maximum Gasteiger partial charge on any atom is 0.275 e. The second kappa shape index (κ2) is 13.8. The van der Waals surface area contributed by atoms with Crippen LogP contribution in [0, 0.1) is 6.92 Å². The minimum atomic E-state index is -0.977. The summed E-state index contributed by atoms with van der Waals surface area (Å²) in [6, 6.07) is 10.7. The Morgan fingerprint density at radius 2 is 1.73 bits per heavy atom. The number of nitrogens with one attached hydrogen (secondary N) is 1. The first kappa shape index (κ1) is 28.9. The van der Waals surface area contributed by atoms with Gasteiger partial charge in [0.1, 0.15) is 11.7 Å². The number of carbonyl (C=O) groups excluding carboxylic acids is 2. The number of hydrogen-bond donors (Lipinski definition) is 1. The Morgan fingerprint density at radius 1 is 1.00 bits per heavy atom. The zero-order chi connectivity index (χ0) is 28.5. The van der Waals surface area contributed by atoms with Gasteiger partial charge in [-0.25, -0.2) is 4.98 Å².